The number of nitro groups is 1. The van der Waals surface area contributed by atoms with Crippen molar-refractivity contribution in [2.45, 2.75) is 45.4 Å². The molecule has 0 radical (unpaired) electrons. The third kappa shape index (κ3) is 4.19. The smallest absolute Gasteiger partial charge is 0.265 e. The predicted octanol–water partition coefficient (Wildman–Crippen LogP) is 4.14. The Kier molecular flexibility index (Phi) is 5.59. The van der Waals surface area contributed by atoms with Crippen LogP contribution in [0.3, 0.4) is 0 Å². The normalized spacial score (nSPS) is 27.3. The molecule has 1 heterocycles. The summed E-state index contributed by atoms with van der Waals surface area (Å²) in [4.78, 5) is 12.7. The summed E-state index contributed by atoms with van der Waals surface area (Å²) in [7, 11) is 0. The van der Waals surface area contributed by atoms with Gasteiger partial charge in [-0.05, 0) is 43.8 Å². The number of hydrogen-bond donors (Lipinski definition) is 0. The quantitative estimate of drug-likeness (QED) is 0.444. The van der Waals surface area contributed by atoms with Crippen LogP contribution in [0, 0.1) is 22.0 Å². The van der Waals surface area contributed by atoms with Crippen LogP contribution in [-0.2, 0) is 0 Å². The van der Waals surface area contributed by atoms with Gasteiger partial charge in [0.1, 0.15) is 0 Å². The van der Waals surface area contributed by atoms with Crippen molar-refractivity contribution in [3.05, 3.63) is 46.3 Å². The molecule has 1 aliphatic carbocycles. The van der Waals surface area contributed by atoms with Gasteiger partial charge in [0.2, 0.25) is 0 Å². The van der Waals surface area contributed by atoms with Gasteiger partial charge in [0.15, 0.2) is 0 Å². The van der Waals surface area contributed by atoms with E-state index in [9.17, 15) is 10.1 Å². The molecule has 2 rings (SSSR count). The largest absolute Gasteiger partial charge is 0.372 e. The maximum Gasteiger partial charge on any atom is 0.265 e. The molecular weight excluding hydrogens is 264 g/mol. The van der Waals surface area contributed by atoms with Crippen molar-refractivity contribution in [1.29, 1.82) is 0 Å². The lowest BCUT2D eigenvalue weighted by Gasteiger charge is -2.39. The fraction of sp³-hybridized carbons (Fsp3) is 0.647. The number of nitrogens with zero attached hydrogens (tertiary/aromatic N) is 2. The highest BCUT2D eigenvalue weighted by Gasteiger charge is 2.30. The molecule has 1 saturated carbocycles. The van der Waals surface area contributed by atoms with Crippen molar-refractivity contribution >= 4 is 0 Å². The topological polar surface area (TPSA) is 46.4 Å². The minimum atomic E-state index is -0.360. The van der Waals surface area contributed by atoms with Crippen LogP contribution in [0.15, 0.2) is 36.2 Å². The molecule has 0 amide bonds. The van der Waals surface area contributed by atoms with Crippen molar-refractivity contribution < 1.29 is 4.92 Å². The molecule has 0 bridgehead atoms. The molecule has 0 aromatic carbocycles. The first-order chi connectivity index (χ1) is 10.1. The van der Waals surface area contributed by atoms with Crippen LogP contribution in [0.4, 0.5) is 0 Å². The average Bonchev–Trinajstić information content (AvgIpc) is 2.71. The van der Waals surface area contributed by atoms with Gasteiger partial charge in [-0.15, -0.1) is 0 Å². The van der Waals surface area contributed by atoms with Gasteiger partial charge in [-0.2, -0.15) is 0 Å². The zero-order valence-corrected chi connectivity index (χ0v) is 13.0. The summed E-state index contributed by atoms with van der Waals surface area (Å²) < 4.78 is 0. The Morgan fingerprint density at radius 3 is 2.57 bits per heavy atom. The zero-order chi connectivity index (χ0) is 15.2. The van der Waals surface area contributed by atoms with Crippen molar-refractivity contribution in [3.8, 4) is 0 Å². The number of fused-ring (bicyclic) bond motifs is 1. The van der Waals surface area contributed by atoms with Gasteiger partial charge in [0.05, 0.1) is 4.92 Å². The minimum absolute atomic E-state index is 0.125. The van der Waals surface area contributed by atoms with Crippen molar-refractivity contribution in [1.82, 2.24) is 4.90 Å². The summed E-state index contributed by atoms with van der Waals surface area (Å²) in [6, 6.07) is 0. The molecule has 4 nitrogen and oxygen atoms in total. The number of rotatable bonds is 4. The summed E-state index contributed by atoms with van der Waals surface area (Å²) in [6.45, 7) is 7.88. The molecule has 1 aliphatic heterocycles. The Labute approximate surface area is 127 Å². The molecule has 2 atom stereocenters. The second-order valence-electron chi connectivity index (χ2n) is 6.19. The van der Waals surface area contributed by atoms with Crippen LogP contribution in [0.2, 0.25) is 0 Å². The standard InChI is InChI=1S/C17H26N2O2/c1-3-17(19(20)21)10-9-14(2)18-12-11-15-7-5-4-6-8-16(15)13-18/h3,9-10,15-16H,2,4-8,11-13H2,1H3/b10-9-,17-3+. The first-order valence-electron chi connectivity index (χ1n) is 8.04. The van der Waals surface area contributed by atoms with E-state index in [0.29, 0.717) is 0 Å². The van der Waals surface area contributed by atoms with Crippen LogP contribution in [0.25, 0.3) is 0 Å². The van der Waals surface area contributed by atoms with Crippen LogP contribution in [0.5, 0.6) is 0 Å². The van der Waals surface area contributed by atoms with Crippen molar-refractivity contribution in [2.24, 2.45) is 11.8 Å². The lowest BCUT2D eigenvalue weighted by molar-refractivity contribution is -0.419. The minimum Gasteiger partial charge on any atom is -0.372 e. The lowest BCUT2D eigenvalue weighted by atomic mass is 9.82. The zero-order valence-electron chi connectivity index (χ0n) is 13.0. The summed E-state index contributed by atoms with van der Waals surface area (Å²) in [5.41, 5.74) is 1.03. The van der Waals surface area contributed by atoms with E-state index < -0.39 is 0 Å². The van der Waals surface area contributed by atoms with Gasteiger partial charge in [-0.3, -0.25) is 10.1 Å². The molecule has 21 heavy (non-hydrogen) atoms. The number of piperidine rings is 1. The highest BCUT2D eigenvalue weighted by molar-refractivity contribution is 5.21. The molecule has 2 aliphatic rings. The molecule has 2 fully saturated rings. The van der Waals surface area contributed by atoms with Gasteiger partial charge < -0.3 is 4.90 Å². The highest BCUT2D eigenvalue weighted by atomic mass is 16.6. The maximum atomic E-state index is 10.8. The number of allylic oxidation sites excluding steroid dienone is 3. The predicted molar refractivity (Wildman–Crippen MR) is 85.3 cm³/mol. The third-order valence-electron chi connectivity index (χ3n) is 4.90. The van der Waals surface area contributed by atoms with Gasteiger partial charge in [-0.25, -0.2) is 0 Å². The fourth-order valence-corrected chi connectivity index (χ4v) is 3.59. The number of likely N-dealkylation sites (tertiary alicyclic amines) is 1. The average molecular weight is 290 g/mol. The summed E-state index contributed by atoms with van der Waals surface area (Å²) in [5, 5.41) is 10.8. The van der Waals surface area contributed by atoms with E-state index in [0.717, 1.165) is 30.6 Å². The molecule has 0 aromatic heterocycles. The monoisotopic (exact) mass is 290 g/mol. The molecule has 116 valence electrons. The molecular formula is C17H26N2O2. The van der Waals surface area contributed by atoms with Crippen LogP contribution < -0.4 is 0 Å². The molecule has 4 heteroatoms. The first kappa shape index (κ1) is 15.8. The first-order valence-corrected chi connectivity index (χ1v) is 8.04. The molecule has 1 saturated heterocycles. The van der Waals surface area contributed by atoms with E-state index in [2.05, 4.69) is 11.5 Å². The summed E-state index contributed by atoms with van der Waals surface area (Å²) in [5.74, 6) is 1.66. The Morgan fingerprint density at radius 2 is 1.90 bits per heavy atom. The maximum absolute atomic E-state index is 10.8. The Hall–Kier alpha value is -1.58. The van der Waals surface area contributed by atoms with Crippen molar-refractivity contribution in [2.75, 3.05) is 13.1 Å². The third-order valence-corrected chi connectivity index (χ3v) is 4.90. The molecule has 2 unspecified atom stereocenters. The second-order valence-corrected chi connectivity index (χ2v) is 6.19. The Bertz CT molecular complexity index is 454. The molecule has 0 N–H and O–H groups in total. The van der Waals surface area contributed by atoms with Gasteiger partial charge in [-0.1, -0.05) is 32.3 Å². The highest BCUT2D eigenvalue weighted by Crippen LogP contribution is 2.35. The summed E-state index contributed by atoms with van der Waals surface area (Å²) in [6.07, 6.45) is 12.9. The van der Waals surface area contributed by atoms with Gasteiger partial charge in [0.25, 0.3) is 5.70 Å². The lowest BCUT2D eigenvalue weighted by Crippen LogP contribution is -2.38. The van der Waals surface area contributed by atoms with Crippen LogP contribution in [-0.4, -0.2) is 22.9 Å². The van der Waals surface area contributed by atoms with E-state index >= 15 is 0 Å². The SMILES string of the molecule is C=C(/C=C\C(=C/C)[N+](=O)[O-])N1CCC2CCCCCC2C1. The Morgan fingerprint density at radius 1 is 1.19 bits per heavy atom. The van der Waals surface area contributed by atoms with E-state index in [4.69, 9.17) is 0 Å². The second kappa shape index (κ2) is 7.43. The Balaban J connectivity index is 1.94. The van der Waals surface area contributed by atoms with E-state index in [1.807, 2.05) is 0 Å². The summed E-state index contributed by atoms with van der Waals surface area (Å²) >= 11 is 0. The van der Waals surface area contributed by atoms with E-state index in [1.54, 1.807) is 19.1 Å². The van der Waals surface area contributed by atoms with Gasteiger partial charge >= 0.3 is 0 Å². The molecule has 0 spiro atoms. The van der Waals surface area contributed by atoms with Gasteiger partial charge in [0, 0.05) is 24.9 Å². The van der Waals surface area contributed by atoms with E-state index in [1.165, 1.54) is 44.6 Å². The molecule has 0 aromatic rings. The van der Waals surface area contributed by atoms with Crippen LogP contribution in [0.1, 0.15) is 45.4 Å². The fourth-order valence-electron chi connectivity index (χ4n) is 3.59. The van der Waals surface area contributed by atoms with E-state index in [-0.39, 0.29) is 10.6 Å². The van der Waals surface area contributed by atoms with Crippen LogP contribution >= 0.6 is 0 Å². The number of hydrogen-bond acceptors (Lipinski definition) is 3. The van der Waals surface area contributed by atoms with Crippen molar-refractivity contribution in [3.63, 3.8) is 0 Å².